The van der Waals surface area contributed by atoms with Crippen molar-refractivity contribution in [3.05, 3.63) is 40.6 Å². The first-order chi connectivity index (χ1) is 9.02. The van der Waals surface area contributed by atoms with Crippen molar-refractivity contribution in [2.24, 2.45) is 0 Å². The van der Waals surface area contributed by atoms with Gasteiger partial charge in [0.15, 0.2) is 17.5 Å². The molecule has 0 aliphatic carbocycles. The maximum absolute atomic E-state index is 13.8. The molecule has 2 rings (SSSR count). The fourth-order valence-corrected chi connectivity index (χ4v) is 1.89. The second kappa shape index (κ2) is 5.48. The Labute approximate surface area is 114 Å². The molecular weight excluding hydrogens is 272 g/mol. The maximum atomic E-state index is 13.8. The van der Waals surface area contributed by atoms with Gasteiger partial charge in [-0.15, -0.1) is 0 Å². The number of benzene rings is 1. The molecule has 3 nitrogen and oxygen atoms in total. The highest BCUT2D eigenvalue weighted by molar-refractivity contribution is 6.33. The van der Waals surface area contributed by atoms with Crippen LogP contribution in [0.1, 0.15) is 12.6 Å². The molecule has 0 saturated heterocycles. The van der Waals surface area contributed by atoms with Crippen molar-refractivity contribution in [1.82, 2.24) is 9.97 Å². The summed E-state index contributed by atoms with van der Waals surface area (Å²) >= 11 is 5.95. The van der Waals surface area contributed by atoms with Crippen LogP contribution in [0.3, 0.4) is 0 Å². The van der Waals surface area contributed by atoms with E-state index in [1.165, 1.54) is 18.2 Å². The molecule has 0 atom stereocenters. The first-order valence-corrected chi connectivity index (χ1v) is 6.14. The van der Waals surface area contributed by atoms with Crippen LogP contribution in [-0.4, -0.2) is 16.5 Å². The molecule has 0 aliphatic rings. The molecule has 1 aromatic carbocycles. The van der Waals surface area contributed by atoms with E-state index in [1.54, 1.807) is 6.92 Å². The van der Waals surface area contributed by atoms with Gasteiger partial charge in [0.25, 0.3) is 0 Å². The number of anilines is 1. The minimum Gasteiger partial charge on any atom is -0.368 e. The fourth-order valence-electron chi connectivity index (χ4n) is 1.64. The number of aryl methyl sites for hydroxylation is 1. The quantitative estimate of drug-likeness (QED) is 0.931. The van der Waals surface area contributed by atoms with Crippen LogP contribution >= 0.6 is 11.6 Å². The van der Waals surface area contributed by atoms with Crippen LogP contribution in [0.15, 0.2) is 18.2 Å². The van der Waals surface area contributed by atoms with Gasteiger partial charge in [-0.25, -0.2) is 18.7 Å². The Morgan fingerprint density at radius 2 is 2.00 bits per heavy atom. The van der Waals surface area contributed by atoms with E-state index in [9.17, 15) is 8.78 Å². The van der Waals surface area contributed by atoms with Crippen LogP contribution in [0, 0.1) is 18.6 Å². The molecule has 100 valence electrons. The largest absolute Gasteiger partial charge is 0.368 e. The molecule has 1 aromatic heterocycles. The number of hydrogen-bond donors (Lipinski definition) is 1. The van der Waals surface area contributed by atoms with Crippen LogP contribution in [0.5, 0.6) is 0 Å². The third-order valence-electron chi connectivity index (χ3n) is 2.53. The fraction of sp³-hybridized carbons (Fsp3) is 0.231. The van der Waals surface area contributed by atoms with Crippen molar-refractivity contribution in [3.8, 4) is 11.4 Å². The number of aromatic nitrogens is 2. The average Bonchev–Trinajstić information content (AvgIpc) is 2.35. The van der Waals surface area contributed by atoms with Gasteiger partial charge in [-0.2, -0.15) is 0 Å². The number of nitrogens with zero attached hydrogens (tertiary/aromatic N) is 2. The highest BCUT2D eigenvalue weighted by atomic mass is 35.5. The molecule has 0 unspecified atom stereocenters. The zero-order valence-corrected chi connectivity index (χ0v) is 11.2. The van der Waals surface area contributed by atoms with E-state index in [2.05, 4.69) is 15.3 Å². The highest BCUT2D eigenvalue weighted by Crippen LogP contribution is 2.28. The minimum absolute atomic E-state index is 0.116. The number of rotatable bonds is 3. The van der Waals surface area contributed by atoms with Gasteiger partial charge in [0, 0.05) is 12.1 Å². The van der Waals surface area contributed by atoms with E-state index in [0.29, 0.717) is 12.1 Å². The molecule has 1 heterocycles. The maximum Gasteiger partial charge on any atom is 0.186 e. The Morgan fingerprint density at radius 1 is 1.26 bits per heavy atom. The van der Waals surface area contributed by atoms with E-state index >= 15 is 0 Å². The summed E-state index contributed by atoms with van der Waals surface area (Å²) in [5, 5.41) is 3.00. The van der Waals surface area contributed by atoms with Gasteiger partial charge in [0.1, 0.15) is 5.82 Å². The summed E-state index contributed by atoms with van der Waals surface area (Å²) in [6.45, 7) is 3.91. The van der Waals surface area contributed by atoms with Gasteiger partial charge in [-0.3, -0.25) is 0 Å². The van der Waals surface area contributed by atoms with Crippen LogP contribution in [0.4, 0.5) is 14.6 Å². The molecule has 0 saturated carbocycles. The second-order valence-corrected chi connectivity index (χ2v) is 4.36. The lowest BCUT2D eigenvalue weighted by Crippen LogP contribution is -2.07. The Balaban J connectivity index is 2.56. The Bertz CT molecular complexity index is 617. The van der Waals surface area contributed by atoms with Crippen LogP contribution in [0.25, 0.3) is 11.4 Å². The van der Waals surface area contributed by atoms with E-state index in [4.69, 9.17) is 11.6 Å². The van der Waals surface area contributed by atoms with Gasteiger partial charge >= 0.3 is 0 Å². The molecule has 2 aromatic rings. The summed E-state index contributed by atoms with van der Waals surface area (Å²) in [7, 11) is 0. The van der Waals surface area contributed by atoms with Crippen molar-refractivity contribution in [2.45, 2.75) is 13.8 Å². The third kappa shape index (κ3) is 2.81. The minimum atomic E-state index is -0.496. The van der Waals surface area contributed by atoms with E-state index < -0.39 is 11.6 Å². The summed E-state index contributed by atoms with van der Waals surface area (Å²) in [6, 6.07) is 3.90. The second-order valence-electron chi connectivity index (χ2n) is 3.95. The third-order valence-corrected chi connectivity index (χ3v) is 2.85. The lowest BCUT2D eigenvalue weighted by molar-refractivity contribution is 0.606. The molecule has 6 heteroatoms. The van der Waals surface area contributed by atoms with Crippen molar-refractivity contribution in [1.29, 1.82) is 0 Å². The molecule has 1 N–H and O–H groups in total. The summed E-state index contributed by atoms with van der Waals surface area (Å²) in [4.78, 5) is 8.12. The predicted molar refractivity (Wildman–Crippen MR) is 71.3 cm³/mol. The topological polar surface area (TPSA) is 37.8 Å². The molecular formula is C13H12ClF2N3. The van der Waals surface area contributed by atoms with Crippen molar-refractivity contribution in [2.75, 3.05) is 11.9 Å². The Morgan fingerprint density at radius 3 is 2.63 bits per heavy atom. The van der Waals surface area contributed by atoms with Crippen LogP contribution in [-0.2, 0) is 0 Å². The molecule has 0 amide bonds. The lowest BCUT2D eigenvalue weighted by Gasteiger charge is -2.09. The average molecular weight is 284 g/mol. The van der Waals surface area contributed by atoms with Crippen molar-refractivity contribution < 1.29 is 8.78 Å². The number of nitrogens with one attached hydrogen (secondary N) is 1. The lowest BCUT2D eigenvalue weighted by atomic mass is 10.2. The SMILES string of the molecule is CCNc1nc(-c2ccc(F)cc2Cl)nc(C)c1F. The first-order valence-electron chi connectivity index (χ1n) is 5.76. The standard InChI is InChI=1S/C13H12ClF2N3/c1-3-17-13-11(16)7(2)18-12(19-13)9-5-4-8(15)6-10(9)14/h4-6H,3H2,1-2H3,(H,17,18,19). The van der Waals surface area contributed by atoms with E-state index in [1.807, 2.05) is 6.92 Å². The summed E-state index contributed by atoms with van der Waals surface area (Å²) < 4.78 is 26.8. The van der Waals surface area contributed by atoms with Crippen molar-refractivity contribution >= 4 is 17.4 Å². The zero-order valence-electron chi connectivity index (χ0n) is 10.5. The van der Waals surface area contributed by atoms with Crippen molar-refractivity contribution in [3.63, 3.8) is 0 Å². The van der Waals surface area contributed by atoms with E-state index in [0.717, 1.165) is 0 Å². The molecule has 19 heavy (non-hydrogen) atoms. The molecule has 0 bridgehead atoms. The molecule has 0 spiro atoms. The number of hydrogen-bond acceptors (Lipinski definition) is 3. The van der Waals surface area contributed by atoms with Crippen LogP contribution in [0.2, 0.25) is 5.02 Å². The summed E-state index contributed by atoms with van der Waals surface area (Å²) in [6.07, 6.45) is 0. The van der Waals surface area contributed by atoms with Gasteiger partial charge in [-0.1, -0.05) is 11.6 Å². The van der Waals surface area contributed by atoms with Gasteiger partial charge < -0.3 is 5.32 Å². The molecule has 0 aliphatic heterocycles. The normalized spacial score (nSPS) is 10.6. The zero-order chi connectivity index (χ0) is 14.0. The van der Waals surface area contributed by atoms with Gasteiger partial charge in [0.2, 0.25) is 0 Å². The molecule has 0 radical (unpaired) electrons. The highest BCUT2D eigenvalue weighted by Gasteiger charge is 2.14. The van der Waals surface area contributed by atoms with Crippen LogP contribution < -0.4 is 5.32 Å². The summed E-state index contributed by atoms with van der Waals surface area (Å²) in [5.74, 6) is -0.562. The smallest absolute Gasteiger partial charge is 0.186 e. The number of halogens is 3. The molecule has 0 fully saturated rings. The predicted octanol–water partition coefficient (Wildman–Crippen LogP) is 3.82. The Hall–Kier alpha value is -1.75. The first kappa shape index (κ1) is 13.7. The Kier molecular flexibility index (Phi) is 3.95. The van der Waals surface area contributed by atoms with Gasteiger partial charge in [-0.05, 0) is 32.0 Å². The monoisotopic (exact) mass is 283 g/mol. The van der Waals surface area contributed by atoms with Gasteiger partial charge in [0.05, 0.1) is 10.7 Å². The summed E-state index contributed by atoms with van der Waals surface area (Å²) in [5.41, 5.74) is 0.673. The van der Waals surface area contributed by atoms with E-state index in [-0.39, 0.29) is 22.4 Å².